The average Bonchev–Trinajstić information content (AvgIpc) is 3.18. The molecule has 0 saturated heterocycles. The number of benzene rings is 1. The number of fused-ring (bicyclic) bond motifs is 1. The summed E-state index contributed by atoms with van der Waals surface area (Å²) in [7, 11) is 0. The molecule has 0 N–H and O–H groups in total. The zero-order valence-electron chi connectivity index (χ0n) is 14.7. The van der Waals surface area contributed by atoms with E-state index in [4.69, 9.17) is 14.6 Å². The highest BCUT2D eigenvalue weighted by molar-refractivity contribution is 5.86. The molecule has 0 saturated carbocycles. The van der Waals surface area contributed by atoms with Crippen LogP contribution in [-0.4, -0.2) is 24.9 Å². The summed E-state index contributed by atoms with van der Waals surface area (Å²) in [6, 6.07) is 10.0. The molecular weight excluding hydrogens is 314 g/mol. The number of nitrogens with zero attached hydrogens (tertiary/aromatic N) is 5. The fraction of sp³-hybridized carbons (Fsp3) is 0.263. The summed E-state index contributed by atoms with van der Waals surface area (Å²) in [4.78, 5) is 9.33. The second-order valence-electron chi connectivity index (χ2n) is 6.41. The summed E-state index contributed by atoms with van der Waals surface area (Å²) >= 11 is 0. The number of aromatic nitrogens is 5. The number of pyridine rings is 1. The molecule has 126 valence electrons. The zero-order chi connectivity index (χ0) is 17.6. The van der Waals surface area contributed by atoms with Crippen molar-refractivity contribution in [3.63, 3.8) is 0 Å². The van der Waals surface area contributed by atoms with E-state index in [2.05, 4.69) is 24.0 Å². The van der Waals surface area contributed by atoms with Crippen molar-refractivity contribution >= 4 is 10.9 Å². The summed E-state index contributed by atoms with van der Waals surface area (Å²) in [5.74, 6) is 2.46. The molecule has 0 bridgehead atoms. The van der Waals surface area contributed by atoms with Gasteiger partial charge in [0.1, 0.15) is 5.76 Å². The summed E-state index contributed by atoms with van der Waals surface area (Å²) in [6.45, 7) is 7.97. The number of rotatable bonds is 3. The van der Waals surface area contributed by atoms with E-state index in [9.17, 15) is 0 Å². The second-order valence-corrected chi connectivity index (χ2v) is 6.41. The maximum atomic E-state index is 5.35. The Labute approximate surface area is 145 Å². The van der Waals surface area contributed by atoms with Crippen molar-refractivity contribution in [3.8, 4) is 17.1 Å². The van der Waals surface area contributed by atoms with Crippen LogP contribution in [0.25, 0.3) is 28.0 Å². The Balaban J connectivity index is 2.04. The van der Waals surface area contributed by atoms with Crippen molar-refractivity contribution in [3.05, 3.63) is 53.8 Å². The van der Waals surface area contributed by atoms with Crippen molar-refractivity contribution in [2.24, 2.45) is 0 Å². The molecule has 6 heteroatoms. The lowest BCUT2D eigenvalue weighted by atomic mass is 10.1. The molecule has 0 spiro atoms. The van der Waals surface area contributed by atoms with Crippen LogP contribution in [0.3, 0.4) is 0 Å². The molecule has 6 nitrogen and oxygen atoms in total. The number of para-hydroxylation sites is 1. The Morgan fingerprint density at radius 1 is 1.08 bits per heavy atom. The van der Waals surface area contributed by atoms with E-state index in [0.29, 0.717) is 0 Å². The smallest absolute Gasteiger partial charge is 0.169 e. The molecule has 0 aliphatic heterocycles. The van der Waals surface area contributed by atoms with Crippen molar-refractivity contribution in [2.45, 2.75) is 33.6 Å². The predicted molar refractivity (Wildman–Crippen MR) is 95.7 cm³/mol. The molecule has 0 amide bonds. The first-order valence-electron chi connectivity index (χ1n) is 8.30. The minimum Gasteiger partial charge on any atom is -0.361 e. The van der Waals surface area contributed by atoms with E-state index in [1.54, 1.807) is 6.20 Å². The van der Waals surface area contributed by atoms with Gasteiger partial charge in [0.25, 0.3) is 0 Å². The third-order valence-electron chi connectivity index (χ3n) is 4.24. The first kappa shape index (κ1) is 15.5. The zero-order valence-corrected chi connectivity index (χ0v) is 14.7. The van der Waals surface area contributed by atoms with Gasteiger partial charge in [-0.1, -0.05) is 37.2 Å². The standard InChI is InChI=1S/C19H19N5O/c1-11(2)18-21-19(16-12(3)23-25-13(16)4)24(22-18)15-9-5-7-14-8-6-10-20-17(14)15/h5-11H,1-4H3. The van der Waals surface area contributed by atoms with Crippen LogP contribution in [-0.2, 0) is 0 Å². The number of hydrogen-bond acceptors (Lipinski definition) is 5. The van der Waals surface area contributed by atoms with E-state index in [0.717, 1.165) is 45.3 Å². The molecule has 25 heavy (non-hydrogen) atoms. The molecule has 4 aromatic rings. The predicted octanol–water partition coefficient (Wildman–Crippen LogP) is 4.21. The monoisotopic (exact) mass is 333 g/mol. The van der Waals surface area contributed by atoms with Gasteiger partial charge in [0.05, 0.1) is 22.5 Å². The van der Waals surface area contributed by atoms with Crippen LogP contribution in [0.5, 0.6) is 0 Å². The minimum atomic E-state index is 0.211. The fourth-order valence-electron chi connectivity index (χ4n) is 2.96. The molecule has 1 aromatic carbocycles. The SMILES string of the molecule is Cc1noc(C)c1-c1nc(C(C)C)nn1-c1cccc2cccnc12. The molecule has 0 fully saturated rings. The third kappa shape index (κ3) is 2.50. The molecule has 4 rings (SSSR count). The second kappa shape index (κ2) is 5.81. The van der Waals surface area contributed by atoms with Crippen molar-refractivity contribution < 1.29 is 4.52 Å². The van der Waals surface area contributed by atoms with Crippen molar-refractivity contribution in [1.82, 2.24) is 24.9 Å². The molecule has 0 radical (unpaired) electrons. The van der Waals surface area contributed by atoms with Crippen LogP contribution < -0.4 is 0 Å². The third-order valence-corrected chi connectivity index (χ3v) is 4.24. The quantitative estimate of drug-likeness (QED) is 0.561. The molecule has 0 aliphatic rings. The van der Waals surface area contributed by atoms with Crippen LogP contribution in [0, 0.1) is 13.8 Å². The topological polar surface area (TPSA) is 69.6 Å². The Morgan fingerprint density at radius 3 is 2.60 bits per heavy atom. The van der Waals surface area contributed by atoms with Crippen LogP contribution in [0.2, 0.25) is 0 Å². The maximum Gasteiger partial charge on any atom is 0.169 e. The normalized spacial score (nSPS) is 11.6. The van der Waals surface area contributed by atoms with Crippen LogP contribution >= 0.6 is 0 Å². The first-order valence-corrected chi connectivity index (χ1v) is 8.30. The lowest BCUT2D eigenvalue weighted by Crippen LogP contribution is -2.03. The van der Waals surface area contributed by atoms with E-state index in [-0.39, 0.29) is 5.92 Å². The van der Waals surface area contributed by atoms with Gasteiger partial charge >= 0.3 is 0 Å². The van der Waals surface area contributed by atoms with Crippen LogP contribution in [0.15, 0.2) is 41.1 Å². The van der Waals surface area contributed by atoms with E-state index >= 15 is 0 Å². The molecule has 3 aromatic heterocycles. The summed E-state index contributed by atoms with van der Waals surface area (Å²) in [6.07, 6.45) is 1.79. The molecule has 0 atom stereocenters. The fourth-order valence-corrected chi connectivity index (χ4v) is 2.96. The highest BCUT2D eigenvalue weighted by Gasteiger charge is 2.22. The van der Waals surface area contributed by atoms with Gasteiger partial charge in [0, 0.05) is 17.5 Å². The van der Waals surface area contributed by atoms with Gasteiger partial charge in [-0.25, -0.2) is 9.67 Å². The van der Waals surface area contributed by atoms with Gasteiger partial charge in [-0.05, 0) is 26.0 Å². The first-order chi connectivity index (χ1) is 12.1. The summed E-state index contributed by atoms with van der Waals surface area (Å²) in [5.41, 5.74) is 3.47. The number of hydrogen-bond donors (Lipinski definition) is 0. The molecule has 0 unspecified atom stereocenters. The van der Waals surface area contributed by atoms with Gasteiger partial charge in [0.15, 0.2) is 11.6 Å². The van der Waals surface area contributed by atoms with Gasteiger partial charge in [-0.2, -0.15) is 5.10 Å². The van der Waals surface area contributed by atoms with Crippen LogP contribution in [0.1, 0.15) is 37.0 Å². The molecule has 3 heterocycles. The summed E-state index contributed by atoms with van der Waals surface area (Å²) in [5, 5.41) is 9.90. The minimum absolute atomic E-state index is 0.211. The highest BCUT2D eigenvalue weighted by Crippen LogP contribution is 2.30. The Morgan fingerprint density at radius 2 is 1.88 bits per heavy atom. The van der Waals surface area contributed by atoms with E-state index < -0.39 is 0 Å². The van der Waals surface area contributed by atoms with E-state index in [1.165, 1.54) is 0 Å². The Kier molecular flexibility index (Phi) is 3.60. The van der Waals surface area contributed by atoms with Crippen molar-refractivity contribution in [2.75, 3.05) is 0 Å². The van der Waals surface area contributed by atoms with Gasteiger partial charge in [-0.3, -0.25) is 4.98 Å². The lowest BCUT2D eigenvalue weighted by Gasteiger charge is -2.08. The average molecular weight is 333 g/mol. The van der Waals surface area contributed by atoms with Crippen molar-refractivity contribution in [1.29, 1.82) is 0 Å². The van der Waals surface area contributed by atoms with Gasteiger partial charge < -0.3 is 4.52 Å². The largest absolute Gasteiger partial charge is 0.361 e. The van der Waals surface area contributed by atoms with Gasteiger partial charge in [0.2, 0.25) is 0 Å². The van der Waals surface area contributed by atoms with E-state index in [1.807, 2.05) is 48.9 Å². The Hall–Kier alpha value is -3.02. The molecular formula is C19H19N5O. The Bertz CT molecular complexity index is 1040. The van der Waals surface area contributed by atoms with Crippen LogP contribution in [0.4, 0.5) is 0 Å². The molecule has 0 aliphatic carbocycles. The van der Waals surface area contributed by atoms with Gasteiger partial charge in [-0.15, -0.1) is 0 Å². The summed E-state index contributed by atoms with van der Waals surface area (Å²) < 4.78 is 7.21. The highest BCUT2D eigenvalue weighted by atomic mass is 16.5. The number of aryl methyl sites for hydroxylation is 2. The maximum absolute atomic E-state index is 5.35. The lowest BCUT2D eigenvalue weighted by molar-refractivity contribution is 0.393.